The predicted molar refractivity (Wildman–Crippen MR) is 89.0 cm³/mol. The standard InChI is InChI=1S/C15H15N3O2S2/c19-13(8-18-10-21-9-14(18)20)17-15-16-7-12(22-15)6-11-4-2-1-3-5-11/h1-5,7H,6,8-10H2,(H,16,17,19). The average molecular weight is 333 g/mol. The fourth-order valence-electron chi connectivity index (χ4n) is 2.12. The molecule has 0 saturated carbocycles. The number of anilines is 1. The second-order valence-corrected chi connectivity index (χ2v) is 6.98. The lowest BCUT2D eigenvalue weighted by molar-refractivity contribution is -0.130. The van der Waals surface area contributed by atoms with E-state index in [-0.39, 0.29) is 18.4 Å². The number of aromatic nitrogens is 1. The van der Waals surface area contributed by atoms with Crippen molar-refractivity contribution in [3.8, 4) is 0 Å². The monoisotopic (exact) mass is 333 g/mol. The van der Waals surface area contributed by atoms with Gasteiger partial charge < -0.3 is 10.2 Å². The van der Waals surface area contributed by atoms with Crippen LogP contribution in [0.25, 0.3) is 0 Å². The van der Waals surface area contributed by atoms with Crippen LogP contribution in [0.5, 0.6) is 0 Å². The number of hydrogen-bond donors (Lipinski definition) is 1. The molecule has 114 valence electrons. The highest BCUT2D eigenvalue weighted by molar-refractivity contribution is 8.00. The van der Waals surface area contributed by atoms with Gasteiger partial charge in [-0.2, -0.15) is 0 Å². The lowest BCUT2D eigenvalue weighted by atomic mass is 10.1. The molecule has 22 heavy (non-hydrogen) atoms. The van der Waals surface area contributed by atoms with Crippen molar-refractivity contribution in [2.24, 2.45) is 0 Å². The summed E-state index contributed by atoms with van der Waals surface area (Å²) in [7, 11) is 0. The van der Waals surface area contributed by atoms with Gasteiger partial charge in [0.2, 0.25) is 11.8 Å². The summed E-state index contributed by atoms with van der Waals surface area (Å²) in [6, 6.07) is 10.1. The van der Waals surface area contributed by atoms with Crippen LogP contribution in [0.4, 0.5) is 5.13 Å². The number of benzene rings is 1. The van der Waals surface area contributed by atoms with Crippen LogP contribution in [-0.2, 0) is 16.0 Å². The molecule has 2 aromatic rings. The van der Waals surface area contributed by atoms with Gasteiger partial charge in [0.25, 0.3) is 0 Å². The summed E-state index contributed by atoms with van der Waals surface area (Å²) in [4.78, 5) is 30.3. The van der Waals surface area contributed by atoms with Crippen molar-refractivity contribution in [3.63, 3.8) is 0 Å². The molecule has 2 heterocycles. The number of amides is 2. The molecule has 1 aromatic carbocycles. The van der Waals surface area contributed by atoms with Crippen molar-refractivity contribution in [1.29, 1.82) is 0 Å². The molecule has 3 rings (SSSR count). The highest BCUT2D eigenvalue weighted by Gasteiger charge is 2.23. The van der Waals surface area contributed by atoms with Crippen molar-refractivity contribution >= 4 is 40.0 Å². The minimum absolute atomic E-state index is 0.0176. The van der Waals surface area contributed by atoms with Crippen LogP contribution in [0.1, 0.15) is 10.4 Å². The molecule has 2 amide bonds. The third kappa shape index (κ3) is 3.86. The Morgan fingerprint density at radius 1 is 1.32 bits per heavy atom. The molecule has 0 bridgehead atoms. The summed E-state index contributed by atoms with van der Waals surface area (Å²) >= 11 is 2.99. The Kier molecular flexibility index (Phi) is 4.74. The zero-order valence-electron chi connectivity index (χ0n) is 11.8. The van der Waals surface area contributed by atoms with E-state index in [2.05, 4.69) is 22.4 Å². The van der Waals surface area contributed by atoms with E-state index < -0.39 is 0 Å². The van der Waals surface area contributed by atoms with Gasteiger partial charge in [0, 0.05) is 17.5 Å². The molecule has 7 heteroatoms. The number of rotatable bonds is 5. The van der Waals surface area contributed by atoms with Gasteiger partial charge in [0.1, 0.15) is 6.54 Å². The maximum absolute atomic E-state index is 11.9. The maximum Gasteiger partial charge on any atom is 0.245 e. The Balaban J connectivity index is 1.55. The lowest BCUT2D eigenvalue weighted by Gasteiger charge is -2.12. The fourth-order valence-corrected chi connectivity index (χ4v) is 3.88. The van der Waals surface area contributed by atoms with E-state index in [1.165, 1.54) is 28.7 Å². The molecule has 0 spiro atoms. The van der Waals surface area contributed by atoms with Crippen LogP contribution >= 0.6 is 23.1 Å². The Morgan fingerprint density at radius 2 is 2.14 bits per heavy atom. The normalized spacial score (nSPS) is 14.4. The van der Waals surface area contributed by atoms with Crippen molar-refractivity contribution < 1.29 is 9.59 Å². The zero-order valence-corrected chi connectivity index (χ0v) is 13.5. The van der Waals surface area contributed by atoms with Crippen LogP contribution < -0.4 is 5.32 Å². The minimum atomic E-state index is -0.198. The Bertz CT molecular complexity index is 672. The first-order chi connectivity index (χ1) is 10.7. The van der Waals surface area contributed by atoms with Crippen LogP contribution in [0.2, 0.25) is 0 Å². The van der Waals surface area contributed by atoms with Crippen molar-refractivity contribution in [2.75, 3.05) is 23.5 Å². The molecule has 0 aliphatic carbocycles. The van der Waals surface area contributed by atoms with Gasteiger partial charge in [-0.05, 0) is 5.56 Å². The third-order valence-electron chi connectivity index (χ3n) is 3.18. The number of nitrogens with zero attached hydrogens (tertiary/aromatic N) is 2. The molecule has 5 nitrogen and oxygen atoms in total. The summed E-state index contributed by atoms with van der Waals surface area (Å²) < 4.78 is 0. The zero-order chi connectivity index (χ0) is 15.4. The quantitative estimate of drug-likeness (QED) is 0.911. The second-order valence-electron chi connectivity index (χ2n) is 4.91. The maximum atomic E-state index is 11.9. The van der Waals surface area contributed by atoms with E-state index in [4.69, 9.17) is 0 Å². The predicted octanol–water partition coefficient (Wildman–Crippen LogP) is 2.21. The molecule has 0 unspecified atom stereocenters. The Hall–Kier alpha value is -1.86. The van der Waals surface area contributed by atoms with Gasteiger partial charge in [-0.15, -0.1) is 23.1 Å². The summed E-state index contributed by atoms with van der Waals surface area (Å²) in [5.74, 6) is 0.871. The number of hydrogen-bond acceptors (Lipinski definition) is 5. The summed E-state index contributed by atoms with van der Waals surface area (Å²) in [5.41, 5.74) is 1.21. The summed E-state index contributed by atoms with van der Waals surface area (Å²) in [6.07, 6.45) is 2.58. The minimum Gasteiger partial charge on any atom is -0.323 e. The highest BCUT2D eigenvalue weighted by Crippen LogP contribution is 2.21. The first kappa shape index (κ1) is 15.1. The number of carbonyl (C=O) groups is 2. The molecule has 0 atom stereocenters. The van der Waals surface area contributed by atoms with E-state index in [0.29, 0.717) is 16.8 Å². The molecule has 1 aromatic heterocycles. The molecule has 1 aliphatic rings. The van der Waals surface area contributed by atoms with Gasteiger partial charge in [-0.3, -0.25) is 9.59 Å². The van der Waals surface area contributed by atoms with Gasteiger partial charge in [0.15, 0.2) is 5.13 Å². The number of carbonyl (C=O) groups excluding carboxylic acids is 2. The molecule has 1 fully saturated rings. The molecule has 1 N–H and O–H groups in total. The van der Waals surface area contributed by atoms with Crippen molar-refractivity contribution in [1.82, 2.24) is 9.88 Å². The van der Waals surface area contributed by atoms with E-state index >= 15 is 0 Å². The van der Waals surface area contributed by atoms with E-state index in [1.54, 1.807) is 11.1 Å². The van der Waals surface area contributed by atoms with Gasteiger partial charge in [-0.1, -0.05) is 30.3 Å². The van der Waals surface area contributed by atoms with Gasteiger partial charge in [0.05, 0.1) is 11.6 Å². The van der Waals surface area contributed by atoms with Crippen LogP contribution in [-0.4, -0.2) is 39.9 Å². The van der Waals surface area contributed by atoms with Crippen LogP contribution in [0, 0.1) is 0 Å². The number of thiazole rings is 1. The molecular formula is C15H15N3O2S2. The molecule has 1 saturated heterocycles. The second kappa shape index (κ2) is 6.93. The number of nitrogens with one attached hydrogen (secondary N) is 1. The van der Waals surface area contributed by atoms with Gasteiger partial charge >= 0.3 is 0 Å². The smallest absolute Gasteiger partial charge is 0.245 e. The molecule has 0 radical (unpaired) electrons. The third-order valence-corrected chi connectivity index (χ3v) is 5.04. The number of thioether (sulfide) groups is 1. The van der Waals surface area contributed by atoms with E-state index in [0.717, 1.165) is 11.3 Å². The summed E-state index contributed by atoms with van der Waals surface area (Å²) in [6.45, 7) is 0.0967. The fraction of sp³-hybridized carbons (Fsp3) is 0.267. The average Bonchev–Trinajstić information content (AvgIpc) is 3.10. The largest absolute Gasteiger partial charge is 0.323 e. The van der Waals surface area contributed by atoms with Crippen LogP contribution in [0.15, 0.2) is 36.5 Å². The topological polar surface area (TPSA) is 62.3 Å². The summed E-state index contributed by atoms with van der Waals surface area (Å²) in [5, 5.41) is 3.34. The van der Waals surface area contributed by atoms with Crippen molar-refractivity contribution in [2.45, 2.75) is 6.42 Å². The van der Waals surface area contributed by atoms with Crippen molar-refractivity contribution in [3.05, 3.63) is 47.0 Å². The molecule has 1 aliphatic heterocycles. The van der Waals surface area contributed by atoms with Gasteiger partial charge in [-0.25, -0.2) is 4.98 Å². The van der Waals surface area contributed by atoms with E-state index in [9.17, 15) is 9.59 Å². The first-order valence-corrected chi connectivity index (χ1v) is 8.82. The Labute approximate surface area is 136 Å². The van der Waals surface area contributed by atoms with Crippen LogP contribution in [0.3, 0.4) is 0 Å². The highest BCUT2D eigenvalue weighted by atomic mass is 32.2. The first-order valence-electron chi connectivity index (χ1n) is 6.85. The Morgan fingerprint density at radius 3 is 2.86 bits per heavy atom. The lowest BCUT2D eigenvalue weighted by Crippen LogP contribution is -2.34. The molecular weight excluding hydrogens is 318 g/mol. The van der Waals surface area contributed by atoms with E-state index in [1.807, 2.05) is 18.2 Å². The SMILES string of the molecule is O=C(CN1CSCC1=O)Nc1ncc(Cc2ccccc2)s1.